The predicted molar refractivity (Wildman–Crippen MR) is 50.4 cm³/mol. The number of allylic oxidation sites excluding steroid dienone is 6. The van der Waals surface area contributed by atoms with E-state index in [1.54, 1.807) is 0 Å². The Balaban J connectivity index is 2.42. The van der Waals surface area contributed by atoms with Crippen LogP contribution in [0.3, 0.4) is 0 Å². The van der Waals surface area contributed by atoms with E-state index >= 15 is 0 Å². The minimum Gasteiger partial charge on any atom is -0.0871 e. The van der Waals surface area contributed by atoms with Gasteiger partial charge in [-0.25, -0.2) is 0 Å². The molecule has 0 aromatic heterocycles. The Hall–Kier alpha value is -0.780. The summed E-state index contributed by atoms with van der Waals surface area (Å²) in [5, 5.41) is 0. The van der Waals surface area contributed by atoms with Crippen LogP contribution in [0, 0.1) is 5.92 Å². The van der Waals surface area contributed by atoms with E-state index in [9.17, 15) is 0 Å². The Morgan fingerprint density at radius 3 is 2.36 bits per heavy atom. The van der Waals surface area contributed by atoms with E-state index in [0.29, 0.717) is 0 Å². The van der Waals surface area contributed by atoms with Crippen LogP contribution in [0.4, 0.5) is 0 Å². The molecule has 0 radical (unpaired) electrons. The minimum atomic E-state index is 0.884. The highest BCUT2D eigenvalue weighted by Crippen LogP contribution is 2.30. The second-order valence-corrected chi connectivity index (χ2v) is 2.99. The summed E-state index contributed by atoms with van der Waals surface area (Å²) in [6, 6.07) is 0. The van der Waals surface area contributed by atoms with E-state index in [0.717, 1.165) is 5.92 Å². The van der Waals surface area contributed by atoms with Crippen LogP contribution >= 0.6 is 0 Å². The Morgan fingerprint density at radius 1 is 1.18 bits per heavy atom. The van der Waals surface area contributed by atoms with Crippen LogP contribution in [0.15, 0.2) is 36.0 Å². The molecule has 0 aliphatic heterocycles. The molecule has 0 spiro atoms. The molecule has 0 atom stereocenters. The first-order chi connectivity index (χ1) is 5.36. The van der Waals surface area contributed by atoms with E-state index in [-0.39, 0.29) is 0 Å². The van der Waals surface area contributed by atoms with Gasteiger partial charge in [0.25, 0.3) is 0 Å². The fourth-order valence-electron chi connectivity index (χ4n) is 0.976. The zero-order valence-corrected chi connectivity index (χ0v) is 7.38. The molecule has 60 valence electrons. The first-order valence-electron chi connectivity index (χ1n) is 4.34. The molecule has 1 rings (SSSR count). The maximum absolute atomic E-state index is 2.31. The highest BCUT2D eigenvalue weighted by Gasteiger charge is 2.16. The smallest absolute Gasteiger partial charge is 0.0230 e. The summed E-state index contributed by atoms with van der Waals surface area (Å²) < 4.78 is 0. The normalized spacial score (nSPS) is 20.4. The molecule has 0 amide bonds. The van der Waals surface area contributed by atoms with E-state index in [4.69, 9.17) is 0 Å². The summed E-state index contributed by atoms with van der Waals surface area (Å²) in [4.78, 5) is 0. The highest BCUT2D eigenvalue weighted by molar-refractivity contribution is 5.30. The Morgan fingerprint density at radius 2 is 1.91 bits per heavy atom. The topological polar surface area (TPSA) is 0 Å². The van der Waals surface area contributed by atoms with Crippen LogP contribution in [0.5, 0.6) is 0 Å². The van der Waals surface area contributed by atoms with Gasteiger partial charge < -0.3 is 0 Å². The maximum Gasteiger partial charge on any atom is -0.0230 e. The Bertz CT molecular complexity index is 190. The van der Waals surface area contributed by atoms with Crippen LogP contribution < -0.4 is 0 Å². The molecular formula is C11H16. The molecule has 1 saturated carbocycles. The van der Waals surface area contributed by atoms with Crippen LogP contribution in [-0.2, 0) is 0 Å². The summed E-state index contributed by atoms with van der Waals surface area (Å²) in [5.41, 5.74) is 1.32. The van der Waals surface area contributed by atoms with Crippen molar-refractivity contribution in [3.05, 3.63) is 36.0 Å². The van der Waals surface area contributed by atoms with Crippen LogP contribution in [-0.4, -0.2) is 0 Å². The summed E-state index contributed by atoms with van der Waals surface area (Å²) in [6.45, 7) is 4.13. The maximum atomic E-state index is 2.31. The third kappa shape index (κ3) is 3.22. The van der Waals surface area contributed by atoms with E-state index < -0.39 is 0 Å². The van der Waals surface area contributed by atoms with Crippen LogP contribution in [0.2, 0.25) is 0 Å². The van der Waals surface area contributed by atoms with Gasteiger partial charge in [0.15, 0.2) is 0 Å². The fourth-order valence-corrected chi connectivity index (χ4v) is 0.976. The fraction of sp³-hybridized carbons (Fsp3) is 0.455. The average Bonchev–Trinajstić information content (AvgIpc) is 2.81. The lowest BCUT2D eigenvalue weighted by Crippen LogP contribution is -1.70. The number of hydrogen-bond donors (Lipinski definition) is 0. The van der Waals surface area contributed by atoms with Crippen molar-refractivity contribution in [3.8, 4) is 0 Å². The predicted octanol–water partition coefficient (Wildman–Crippen LogP) is 3.48. The molecule has 0 heterocycles. The summed E-state index contributed by atoms with van der Waals surface area (Å²) in [7, 11) is 0. The van der Waals surface area contributed by atoms with E-state index in [1.807, 2.05) is 0 Å². The number of rotatable bonds is 3. The lowest BCUT2D eigenvalue weighted by atomic mass is 10.2. The molecule has 0 N–H and O–H groups in total. The summed E-state index contributed by atoms with van der Waals surface area (Å²) in [6.07, 6.45) is 13.7. The second-order valence-electron chi connectivity index (χ2n) is 2.99. The quantitative estimate of drug-likeness (QED) is 0.537. The molecule has 0 heteroatoms. The second kappa shape index (κ2) is 4.17. The third-order valence-corrected chi connectivity index (χ3v) is 1.88. The molecule has 0 aromatic carbocycles. The molecule has 1 fully saturated rings. The van der Waals surface area contributed by atoms with Gasteiger partial charge in [0.1, 0.15) is 0 Å². The van der Waals surface area contributed by atoms with Crippen molar-refractivity contribution in [1.29, 1.82) is 0 Å². The zero-order valence-electron chi connectivity index (χ0n) is 7.38. The number of hydrogen-bond acceptors (Lipinski definition) is 0. The monoisotopic (exact) mass is 148 g/mol. The largest absolute Gasteiger partial charge is 0.0871 e. The Kier molecular flexibility index (Phi) is 3.15. The van der Waals surface area contributed by atoms with Crippen LogP contribution in [0.1, 0.15) is 26.7 Å². The van der Waals surface area contributed by atoms with Gasteiger partial charge in [0, 0.05) is 0 Å². The van der Waals surface area contributed by atoms with Crippen molar-refractivity contribution in [1.82, 2.24) is 0 Å². The van der Waals surface area contributed by atoms with E-state index in [1.165, 1.54) is 18.4 Å². The standard InChI is InChI=1S/C11H16/c1-3-5-10(4-2)6-7-11-8-9-11/h3-7,11H,8-9H2,1-2H3/b5-3-,7-6+,10-4+. The van der Waals surface area contributed by atoms with Gasteiger partial charge in [-0.1, -0.05) is 30.4 Å². The molecule has 1 aliphatic rings. The summed E-state index contributed by atoms with van der Waals surface area (Å²) in [5.74, 6) is 0.884. The molecule has 11 heavy (non-hydrogen) atoms. The first kappa shape index (κ1) is 8.32. The molecule has 0 aromatic rings. The van der Waals surface area contributed by atoms with Gasteiger partial charge in [-0.2, -0.15) is 0 Å². The van der Waals surface area contributed by atoms with Crippen molar-refractivity contribution < 1.29 is 0 Å². The van der Waals surface area contributed by atoms with Gasteiger partial charge >= 0.3 is 0 Å². The minimum absolute atomic E-state index is 0.884. The first-order valence-corrected chi connectivity index (χ1v) is 4.34. The van der Waals surface area contributed by atoms with Gasteiger partial charge in [0.05, 0.1) is 0 Å². The van der Waals surface area contributed by atoms with Crippen molar-refractivity contribution in [2.75, 3.05) is 0 Å². The van der Waals surface area contributed by atoms with Crippen LogP contribution in [0.25, 0.3) is 0 Å². The third-order valence-electron chi connectivity index (χ3n) is 1.88. The van der Waals surface area contributed by atoms with Crippen molar-refractivity contribution in [2.24, 2.45) is 5.92 Å². The highest BCUT2D eigenvalue weighted by atomic mass is 14.2. The van der Waals surface area contributed by atoms with Crippen molar-refractivity contribution in [3.63, 3.8) is 0 Å². The van der Waals surface area contributed by atoms with Gasteiger partial charge in [-0.15, -0.1) is 0 Å². The van der Waals surface area contributed by atoms with Crippen molar-refractivity contribution in [2.45, 2.75) is 26.7 Å². The molecule has 0 bridgehead atoms. The summed E-state index contributed by atoms with van der Waals surface area (Å²) >= 11 is 0. The van der Waals surface area contributed by atoms with Gasteiger partial charge in [-0.3, -0.25) is 0 Å². The lowest BCUT2D eigenvalue weighted by molar-refractivity contribution is 1.12. The average molecular weight is 148 g/mol. The molecular weight excluding hydrogens is 132 g/mol. The van der Waals surface area contributed by atoms with Gasteiger partial charge in [-0.05, 0) is 38.2 Å². The lowest BCUT2D eigenvalue weighted by Gasteiger charge is -1.89. The SMILES string of the molecule is C\C=C/C(/C=C/C1CC1)=C\C. The molecule has 1 aliphatic carbocycles. The van der Waals surface area contributed by atoms with Crippen molar-refractivity contribution >= 4 is 0 Å². The zero-order chi connectivity index (χ0) is 8.10. The Labute approximate surface area is 69.3 Å². The van der Waals surface area contributed by atoms with Gasteiger partial charge in [0.2, 0.25) is 0 Å². The molecule has 0 saturated heterocycles. The molecule has 0 unspecified atom stereocenters. The molecule has 0 nitrogen and oxygen atoms in total. The van der Waals surface area contributed by atoms with E-state index in [2.05, 4.69) is 44.2 Å².